The maximum absolute atomic E-state index is 12.2. The highest BCUT2D eigenvalue weighted by Crippen LogP contribution is 2.16. The van der Waals surface area contributed by atoms with Gasteiger partial charge in [-0.15, -0.1) is 0 Å². The molecule has 0 unspecified atom stereocenters. The number of piperidine rings is 1. The standard InChI is InChI=1S/C19H22N2O3/c1-15-7-11-21(12-8-15)18(22)14-24-19(23)16-5-4-6-17(13-16)20-9-2-3-10-20/h2-6,9-10,13,15H,7-8,11-12,14H2,1H3. The van der Waals surface area contributed by atoms with Gasteiger partial charge in [-0.05, 0) is 49.1 Å². The first-order valence-electron chi connectivity index (χ1n) is 8.32. The lowest BCUT2D eigenvalue weighted by Gasteiger charge is -2.30. The van der Waals surface area contributed by atoms with Gasteiger partial charge in [0.1, 0.15) is 0 Å². The summed E-state index contributed by atoms with van der Waals surface area (Å²) in [6.45, 7) is 3.50. The van der Waals surface area contributed by atoms with E-state index in [2.05, 4.69) is 6.92 Å². The molecule has 0 saturated carbocycles. The number of nitrogens with zero attached hydrogens (tertiary/aromatic N) is 2. The van der Waals surface area contributed by atoms with Gasteiger partial charge in [-0.25, -0.2) is 4.79 Å². The number of carbonyl (C=O) groups excluding carboxylic acids is 2. The van der Waals surface area contributed by atoms with Gasteiger partial charge in [0, 0.05) is 31.2 Å². The van der Waals surface area contributed by atoms with E-state index in [4.69, 9.17) is 4.74 Å². The van der Waals surface area contributed by atoms with Crippen molar-refractivity contribution in [1.82, 2.24) is 9.47 Å². The van der Waals surface area contributed by atoms with Crippen LogP contribution in [0.2, 0.25) is 0 Å². The van der Waals surface area contributed by atoms with Crippen molar-refractivity contribution in [1.29, 1.82) is 0 Å². The van der Waals surface area contributed by atoms with Crippen molar-refractivity contribution in [2.45, 2.75) is 19.8 Å². The minimum Gasteiger partial charge on any atom is -0.452 e. The van der Waals surface area contributed by atoms with E-state index in [0.717, 1.165) is 31.6 Å². The summed E-state index contributed by atoms with van der Waals surface area (Å²) in [5, 5.41) is 0. The zero-order valence-corrected chi connectivity index (χ0v) is 13.9. The van der Waals surface area contributed by atoms with Crippen LogP contribution in [-0.4, -0.2) is 41.0 Å². The summed E-state index contributed by atoms with van der Waals surface area (Å²) >= 11 is 0. The van der Waals surface area contributed by atoms with E-state index >= 15 is 0 Å². The summed E-state index contributed by atoms with van der Waals surface area (Å²) in [5.41, 5.74) is 1.33. The van der Waals surface area contributed by atoms with Crippen molar-refractivity contribution in [2.75, 3.05) is 19.7 Å². The molecule has 1 aromatic carbocycles. The molecule has 0 atom stereocenters. The number of ether oxygens (including phenoxy) is 1. The summed E-state index contributed by atoms with van der Waals surface area (Å²) < 4.78 is 7.12. The number of benzene rings is 1. The van der Waals surface area contributed by atoms with E-state index in [-0.39, 0.29) is 12.5 Å². The SMILES string of the molecule is CC1CCN(C(=O)COC(=O)c2cccc(-n3cccc3)c2)CC1. The summed E-state index contributed by atoms with van der Waals surface area (Å²) in [6.07, 6.45) is 5.84. The minimum absolute atomic E-state index is 0.114. The molecule has 5 nitrogen and oxygen atoms in total. The Bertz CT molecular complexity index is 701. The first kappa shape index (κ1) is 16.3. The normalized spacial score (nSPS) is 15.3. The number of likely N-dealkylation sites (tertiary alicyclic amines) is 1. The predicted molar refractivity (Wildman–Crippen MR) is 91.0 cm³/mol. The Morgan fingerprint density at radius 3 is 2.54 bits per heavy atom. The Morgan fingerprint density at radius 2 is 1.83 bits per heavy atom. The van der Waals surface area contributed by atoms with Gasteiger partial charge in [-0.1, -0.05) is 13.0 Å². The smallest absolute Gasteiger partial charge is 0.338 e. The van der Waals surface area contributed by atoms with Crippen LogP contribution in [0.25, 0.3) is 5.69 Å². The van der Waals surface area contributed by atoms with Gasteiger partial charge in [0.2, 0.25) is 0 Å². The van der Waals surface area contributed by atoms with Gasteiger partial charge < -0.3 is 14.2 Å². The Balaban J connectivity index is 1.57. The molecule has 2 heterocycles. The van der Waals surface area contributed by atoms with Crippen LogP contribution in [0.5, 0.6) is 0 Å². The first-order valence-corrected chi connectivity index (χ1v) is 8.32. The van der Waals surface area contributed by atoms with Crippen LogP contribution in [0.1, 0.15) is 30.1 Å². The lowest BCUT2D eigenvalue weighted by molar-refractivity contribution is -0.135. The summed E-state index contributed by atoms with van der Waals surface area (Å²) in [6, 6.07) is 11.0. The minimum atomic E-state index is -0.470. The zero-order chi connectivity index (χ0) is 16.9. The molecule has 1 aromatic heterocycles. The predicted octanol–water partition coefficient (Wildman–Crippen LogP) is 2.89. The molecule has 0 bridgehead atoms. The first-order chi connectivity index (χ1) is 11.6. The Kier molecular flexibility index (Phi) is 4.99. The number of rotatable bonds is 4. The van der Waals surface area contributed by atoms with Gasteiger partial charge in [0.25, 0.3) is 5.91 Å². The topological polar surface area (TPSA) is 51.5 Å². The third-order valence-electron chi connectivity index (χ3n) is 4.45. The molecule has 0 spiro atoms. The van der Waals surface area contributed by atoms with Gasteiger partial charge in [0.05, 0.1) is 5.56 Å². The molecule has 5 heteroatoms. The van der Waals surface area contributed by atoms with Crippen LogP contribution in [0.15, 0.2) is 48.8 Å². The van der Waals surface area contributed by atoms with E-state index in [0.29, 0.717) is 11.5 Å². The van der Waals surface area contributed by atoms with Crippen LogP contribution in [0.3, 0.4) is 0 Å². The number of hydrogen-bond donors (Lipinski definition) is 0. The summed E-state index contributed by atoms with van der Waals surface area (Å²) in [5.74, 6) is 0.0765. The van der Waals surface area contributed by atoms with Crippen LogP contribution in [0.4, 0.5) is 0 Å². The molecule has 0 aliphatic carbocycles. The van der Waals surface area contributed by atoms with Crippen LogP contribution < -0.4 is 0 Å². The molecular formula is C19H22N2O3. The molecule has 126 valence electrons. The molecular weight excluding hydrogens is 304 g/mol. The average molecular weight is 326 g/mol. The maximum Gasteiger partial charge on any atom is 0.338 e. The Hall–Kier alpha value is -2.56. The lowest BCUT2D eigenvalue weighted by atomic mass is 9.99. The maximum atomic E-state index is 12.2. The summed E-state index contributed by atoms with van der Waals surface area (Å²) in [7, 11) is 0. The van der Waals surface area contributed by atoms with Crippen LogP contribution in [-0.2, 0) is 9.53 Å². The fraction of sp³-hybridized carbons (Fsp3) is 0.368. The highest BCUT2D eigenvalue weighted by Gasteiger charge is 2.21. The van der Waals surface area contributed by atoms with Crippen molar-refractivity contribution >= 4 is 11.9 Å². The van der Waals surface area contributed by atoms with E-state index in [1.807, 2.05) is 35.2 Å². The van der Waals surface area contributed by atoms with E-state index in [9.17, 15) is 9.59 Å². The monoisotopic (exact) mass is 326 g/mol. The van der Waals surface area contributed by atoms with Gasteiger partial charge >= 0.3 is 5.97 Å². The third-order valence-corrected chi connectivity index (χ3v) is 4.45. The van der Waals surface area contributed by atoms with Crippen molar-refractivity contribution < 1.29 is 14.3 Å². The van der Waals surface area contributed by atoms with Gasteiger partial charge in [-0.3, -0.25) is 4.79 Å². The van der Waals surface area contributed by atoms with Crippen LogP contribution >= 0.6 is 0 Å². The van der Waals surface area contributed by atoms with E-state index in [1.165, 1.54) is 0 Å². The number of hydrogen-bond acceptors (Lipinski definition) is 3. The molecule has 3 rings (SSSR count). The molecule has 2 aromatic rings. The molecule has 1 aliphatic heterocycles. The molecule has 1 aliphatic rings. The molecule has 1 amide bonds. The largest absolute Gasteiger partial charge is 0.452 e. The lowest BCUT2D eigenvalue weighted by Crippen LogP contribution is -2.40. The quantitative estimate of drug-likeness (QED) is 0.812. The Morgan fingerprint density at radius 1 is 1.12 bits per heavy atom. The van der Waals surface area contributed by atoms with Crippen molar-refractivity contribution in [3.63, 3.8) is 0 Å². The molecule has 0 N–H and O–H groups in total. The van der Waals surface area contributed by atoms with E-state index in [1.54, 1.807) is 23.1 Å². The third kappa shape index (κ3) is 3.85. The van der Waals surface area contributed by atoms with Crippen LogP contribution in [0, 0.1) is 5.92 Å². The zero-order valence-electron chi connectivity index (χ0n) is 13.9. The number of aromatic nitrogens is 1. The Labute approximate surface area is 141 Å². The second kappa shape index (κ2) is 7.34. The fourth-order valence-electron chi connectivity index (χ4n) is 2.86. The highest BCUT2D eigenvalue weighted by atomic mass is 16.5. The molecule has 1 fully saturated rings. The second-order valence-electron chi connectivity index (χ2n) is 6.28. The second-order valence-corrected chi connectivity index (χ2v) is 6.28. The molecule has 24 heavy (non-hydrogen) atoms. The highest BCUT2D eigenvalue weighted by molar-refractivity contribution is 5.91. The molecule has 0 radical (unpaired) electrons. The van der Waals surface area contributed by atoms with Gasteiger partial charge in [0.15, 0.2) is 6.61 Å². The van der Waals surface area contributed by atoms with Crippen molar-refractivity contribution in [2.24, 2.45) is 5.92 Å². The molecule has 1 saturated heterocycles. The van der Waals surface area contributed by atoms with Gasteiger partial charge in [-0.2, -0.15) is 0 Å². The average Bonchev–Trinajstić information content (AvgIpc) is 3.15. The van der Waals surface area contributed by atoms with Crippen molar-refractivity contribution in [3.8, 4) is 5.69 Å². The summed E-state index contributed by atoms with van der Waals surface area (Å²) in [4.78, 5) is 26.1. The number of amides is 1. The van der Waals surface area contributed by atoms with Crippen molar-refractivity contribution in [3.05, 3.63) is 54.4 Å². The van der Waals surface area contributed by atoms with E-state index < -0.39 is 5.97 Å². The number of esters is 1. The fourth-order valence-corrected chi connectivity index (χ4v) is 2.86. The number of carbonyl (C=O) groups is 2.